The minimum Gasteiger partial charge on any atom is -0.395 e. The molecule has 0 radical (unpaired) electrons. The lowest BCUT2D eigenvalue weighted by Gasteiger charge is -2.23. The molecule has 18 heavy (non-hydrogen) atoms. The van der Waals surface area contributed by atoms with Crippen molar-refractivity contribution in [1.82, 2.24) is 4.31 Å². The zero-order valence-corrected chi connectivity index (χ0v) is 12.5. The fourth-order valence-corrected chi connectivity index (χ4v) is 4.94. The molecule has 1 N–H and O–H groups in total. The second kappa shape index (κ2) is 5.28. The van der Waals surface area contributed by atoms with E-state index >= 15 is 0 Å². The Kier molecular flexibility index (Phi) is 4.11. The normalized spacial score (nSPS) is 21.4. The molecule has 0 bridgehead atoms. The fourth-order valence-electron chi connectivity index (χ4n) is 2.24. The van der Waals surface area contributed by atoms with Crippen molar-refractivity contribution in [2.24, 2.45) is 0 Å². The smallest absolute Gasteiger partial charge is 0.244 e. The first-order valence-electron chi connectivity index (χ1n) is 5.85. The molecule has 0 saturated carbocycles. The highest BCUT2D eigenvalue weighted by Gasteiger charge is 2.35. The highest BCUT2D eigenvalue weighted by molar-refractivity contribution is 9.10. The molecule has 1 atom stereocenters. The molecule has 1 aromatic rings. The van der Waals surface area contributed by atoms with Crippen molar-refractivity contribution in [3.63, 3.8) is 0 Å². The van der Waals surface area contributed by atoms with Gasteiger partial charge in [0, 0.05) is 17.1 Å². The molecule has 100 valence electrons. The molecule has 0 spiro atoms. The number of halogens is 1. The van der Waals surface area contributed by atoms with Crippen molar-refractivity contribution in [3.05, 3.63) is 28.2 Å². The Morgan fingerprint density at radius 2 is 2.22 bits per heavy atom. The van der Waals surface area contributed by atoms with Crippen LogP contribution in [0.2, 0.25) is 0 Å². The molecule has 4 nitrogen and oxygen atoms in total. The van der Waals surface area contributed by atoms with Gasteiger partial charge in [0.15, 0.2) is 0 Å². The van der Waals surface area contributed by atoms with Crippen LogP contribution in [0.3, 0.4) is 0 Å². The predicted molar refractivity (Wildman–Crippen MR) is 72.9 cm³/mol. The molecule has 1 aliphatic heterocycles. The largest absolute Gasteiger partial charge is 0.395 e. The molecule has 0 aliphatic carbocycles. The number of rotatable bonds is 3. The average molecular weight is 334 g/mol. The van der Waals surface area contributed by atoms with Crippen molar-refractivity contribution in [1.29, 1.82) is 0 Å². The van der Waals surface area contributed by atoms with E-state index in [9.17, 15) is 13.5 Å². The fraction of sp³-hybridized carbons (Fsp3) is 0.500. The van der Waals surface area contributed by atoms with Crippen LogP contribution in [0.1, 0.15) is 18.4 Å². The maximum atomic E-state index is 12.6. The average Bonchev–Trinajstić information content (AvgIpc) is 2.81. The second-order valence-corrected chi connectivity index (χ2v) is 7.24. The maximum absolute atomic E-state index is 12.6. The molecule has 1 aliphatic rings. The third-order valence-electron chi connectivity index (χ3n) is 3.21. The third kappa shape index (κ3) is 2.47. The second-order valence-electron chi connectivity index (χ2n) is 4.53. The Balaban J connectivity index is 2.45. The predicted octanol–water partition coefficient (Wildman–Crippen LogP) is 1.90. The van der Waals surface area contributed by atoms with Crippen LogP contribution in [0.5, 0.6) is 0 Å². The summed E-state index contributed by atoms with van der Waals surface area (Å²) < 4.78 is 27.1. The van der Waals surface area contributed by atoms with Crippen molar-refractivity contribution < 1.29 is 13.5 Å². The van der Waals surface area contributed by atoms with Gasteiger partial charge in [0.2, 0.25) is 10.0 Å². The van der Waals surface area contributed by atoms with Gasteiger partial charge in [-0.2, -0.15) is 4.31 Å². The summed E-state index contributed by atoms with van der Waals surface area (Å²) in [5.74, 6) is 0. The van der Waals surface area contributed by atoms with Crippen LogP contribution in [0.15, 0.2) is 27.6 Å². The summed E-state index contributed by atoms with van der Waals surface area (Å²) in [6, 6.07) is 4.97. The first-order valence-corrected chi connectivity index (χ1v) is 8.09. The molecule has 0 amide bonds. The minimum absolute atomic E-state index is 0.122. The summed E-state index contributed by atoms with van der Waals surface area (Å²) in [6.07, 6.45) is 1.52. The van der Waals surface area contributed by atoms with Gasteiger partial charge in [0.1, 0.15) is 0 Å². The highest BCUT2D eigenvalue weighted by atomic mass is 79.9. The van der Waals surface area contributed by atoms with Gasteiger partial charge in [0.25, 0.3) is 0 Å². The first-order chi connectivity index (χ1) is 8.46. The first kappa shape index (κ1) is 14.0. The van der Waals surface area contributed by atoms with Gasteiger partial charge in [-0.05, 0) is 53.4 Å². The minimum atomic E-state index is -3.53. The summed E-state index contributed by atoms with van der Waals surface area (Å²) >= 11 is 3.29. The molecule has 0 aromatic heterocycles. The van der Waals surface area contributed by atoms with Crippen molar-refractivity contribution in [2.75, 3.05) is 13.2 Å². The van der Waals surface area contributed by atoms with Crippen molar-refractivity contribution in [3.8, 4) is 0 Å². The van der Waals surface area contributed by atoms with E-state index in [1.165, 1.54) is 4.31 Å². The number of benzene rings is 1. The van der Waals surface area contributed by atoms with Crippen molar-refractivity contribution >= 4 is 26.0 Å². The number of hydrogen-bond acceptors (Lipinski definition) is 3. The molecule has 1 aromatic carbocycles. The van der Waals surface area contributed by atoms with Crippen LogP contribution in [-0.2, 0) is 10.0 Å². The summed E-state index contributed by atoms with van der Waals surface area (Å²) in [7, 11) is -3.53. The van der Waals surface area contributed by atoms with E-state index in [4.69, 9.17) is 0 Å². The number of aliphatic hydroxyl groups excluding tert-OH is 1. The van der Waals surface area contributed by atoms with Gasteiger partial charge in [-0.25, -0.2) is 8.42 Å². The summed E-state index contributed by atoms with van der Waals surface area (Å²) in [6.45, 7) is 2.22. The molecular formula is C12H16BrNO3S. The third-order valence-corrected chi connectivity index (χ3v) is 6.15. The van der Waals surface area contributed by atoms with Gasteiger partial charge in [0.05, 0.1) is 11.5 Å². The van der Waals surface area contributed by atoms with Crippen LogP contribution >= 0.6 is 15.9 Å². The zero-order valence-electron chi connectivity index (χ0n) is 10.1. The van der Waals surface area contributed by atoms with E-state index in [0.29, 0.717) is 11.0 Å². The maximum Gasteiger partial charge on any atom is 0.244 e. The van der Waals surface area contributed by atoms with Crippen LogP contribution in [0, 0.1) is 6.92 Å². The molecular weight excluding hydrogens is 318 g/mol. The lowest BCUT2D eigenvalue weighted by Crippen LogP contribution is -2.37. The molecule has 1 heterocycles. The Labute approximate surface area is 116 Å². The van der Waals surface area contributed by atoms with E-state index in [2.05, 4.69) is 15.9 Å². The van der Waals surface area contributed by atoms with Crippen LogP contribution < -0.4 is 0 Å². The molecule has 6 heteroatoms. The van der Waals surface area contributed by atoms with E-state index < -0.39 is 10.0 Å². The van der Waals surface area contributed by atoms with E-state index in [-0.39, 0.29) is 17.5 Å². The van der Waals surface area contributed by atoms with E-state index in [1.807, 2.05) is 13.0 Å². The van der Waals surface area contributed by atoms with Gasteiger partial charge < -0.3 is 5.11 Å². The van der Waals surface area contributed by atoms with Crippen LogP contribution in [0.25, 0.3) is 0 Å². The summed E-state index contributed by atoms with van der Waals surface area (Å²) in [5.41, 5.74) is 0.900. The zero-order chi connectivity index (χ0) is 13.3. The van der Waals surface area contributed by atoms with E-state index in [1.54, 1.807) is 12.1 Å². The Morgan fingerprint density at radius 3 is 2.89 bits per heavy atom. The van der Waals surface area contributed by atoms with Gasteiger partial charge >= 0.3 is 0 Å². The standard InChI is InChI=1S/C12H16BrNO3S/c1-9-4-5-11(13)12(7-9)18(16,17)14-6-2-3-10(14)8-15/h4-5,7,10,15H,2-3,6,8H2,1H3/t10-/m1/s1. The summed E-state index contributed by atoms with van der Waals surface area (Å²) in [5, 5.41) is 9.25. The lowest BCUT2D eigenvalue weighted by molar-refractivity contribution is 0.213. The van der Waals surface area contributed by atoms with E-state index in [0.717, 1.165) is 18.4 Å². The Bertz CT molecular complexity index is 544. The quantitative estimate of drug-likeness (QED) is 0.919. The molecule has 0 unspecified atom stereocenters. The number of hydrogen-bond donors (Lipinski definition) is 1. The number of aryl methyl sites for hydroxylation is 1. The highest BCUT2D eigenvalue weighted by Crippen LogP contribution is 2.30. The summed E-state index contributed by atoms with van der Waals surface area (Å²) in [4.78, 5) is 0.280. The van der Waals surface area contributed by atoms with Crippen LogP contribution in [-0.4, -0.2) is 37.0 Å². The molecule has 1 fully saturated rings. The Hall–Kier alpha value is -0.430. The van der Waals surface area contributed by atoms with Gasteiger partial charge in [-0.1, -0.05) is 6.07 Å². The van der Waals surface area contributed by atoms with Gasteiger partial charge in [-0.3, -0.25) is 0 Å². The number of sulfonamides is 1. The topological polar surface area (TPSA) is 57.6 Å². The van der Waals surface area contributed by atoms with Crippen LogP contribution in [0.4, 0.5) is 0 Å². The van der Waals surface area contributed by atoms with Crippen molar-refractivity contribution in [2.45, 2.75) is 30.7 Å². The SMILES string of the molecule is Cc1ccc(Br)c(S(=O)(=O)N2CCC[C@@H]2CO)c1. The number of nitrogens with zero attached hydrogens (tertiary/aromatic N) is 1. The monoisotopic (exact) mass is 333 g/mol. The van der Waals surface area contributed by atoms with Gasteiger partial charge in [-0.15, -0.1) is 0 Å². The number of aliphatic hydroxyl groups is 1. The molecule has 2 rings (SSSR count). The lowest BCUT2D eigenvalue weighted by atomic mass is 10.2. The Morgan fingerprint density at radius 1 is 1.50 bits per heavy atom. The molecule has 1 saturated heterocycles.